The molecule has 1 amide bonds. The van der Waals surface area contributed by atoms with E-state index in [2.05, 4.69) is 5.32 Å². The molecule has 0 aliphatic heterocycles. The van der Waals surface area contributed by atoms with E-state index in [0.717, 1.165) is 34.4 Å². The maximum atomic E-state index is 12.0. The summed E-state index contributed by atoms with van der Waals surface area (Å²) in [6, 6.07) is 15.6. The zero-order valence-corrected chi connectivity index (χ0v) is 14.8. The van der Waals surface area contributed by atoms with E-state index >= 15 is 0 Å². The van der Waals surface area contributed by atoms with E-state index in [4.69, 9.17) is 9.84 Å². The van der Waals surface area contributed by atoms with E-state index in [0.29, 0.717) is 13.0 Å². The zero-order valence-electron chi connectivity index (χ0n) is 14.8. The number of rotatable bonds is 8. The standard InChI is InChI=1S/C21H25NO3/c1-16(13-19-5-3-4-6-20(19)25-2)14-21(24)22-12-11-17-7-9-18(15-23)10-8-17/h3-10,14,23H,11-13,15H2,1-2H3,(H,22,24)/b16-14+. The van der Waals surface area contributed by atoms with Crippen LogP contribution in [0.25, 0.3) is 0 Å². The molecule has 0 radical (unpaired) electrons. The minimum Gasteiger partial charge on any atom is -0.496 e. The van der Waals surface area contributed by atoms with Gasteiger partial charge in [0, 0.05) is 12.6 Å². The monoisotopic (exact) mass is 339 g/mol. The van der Waals surface area contributed by atoms with Crippen molar-refractivity contribution in [1.29, 1.82) is 0 Å². The molecule has 4 heteroatoms. The zero-order chi connectivity index (χ0) is 18.1. The summed E-state index contributed by atoms with van der Waals surface area (Å²) in [4.78, 5) is 12.0. The molecule has 0 atom stereocenters. The predicted octanol–water partition coefficient (Wildman–Crippen LogP) is 3.04. The fourth-order valence-electron chi connectivity index (χ4n) is 2.62. The van der Waals surface area contributed by atoms with Crippen molar-refractivity contribution < 1.29 is 14.6 Å². The van der Waals surface area contributed by atoms with Crippen molar-refractivity contribution in [1.82, 2.24) is 5.32 Å². The third-order valence-corrected chi connectivity index (χ3v) is 3.96. The smallest absolute Gasteiger partial charge is 0.243 e. The van der Waals surface area contributed by atoms with Crippen LogP contribution < -0.4 is 10.1 Å². The number of allylic oxidation sites excluding steroid dienone is 1. The van der Waals surface area contributed by atoms with Gasteiger partial charge in [0.25, 0.3) is 0 Å². The first-order valence-corrected chi connectivity index (χ1v) is 8.38. The summed E-state index contributed by atoms with van der Waals surface area (Å²) in [5, 5.41) is 11.9. The average Bonchev–Trinajstić information content (AvgIpc) is 2.62. The number of nitrogens with one attached hydrogen (secondary N) is 1. The van der Waals surface area contributed by atoms with Gasteiger partial charge in [0.2, 0.25) is 5.91 Å². The summed E-state index contributed by atoms with van der Waals surface area (Å²) in [7, 11) is 1.65. The summed E-state index contributed by atoms with van der Waals surface area (Å²) >= 11 is 0. The van der Waals surface area contributed by atoms with Gasteiger partial charge < -0.3 is 15.2 Å². The van der Waals surface area contributed by atoms with Gasteiger partial charge in [-0.25, -0.2) is 0 Å². The maximum Gasteiger partial charge on any atom is 0.243 e. The van der Waals surface area contributed by atoms with Crippen LogP contribution in [-0.4, -0.2) is 24.7 Å². The molecule has 0 aliphatic rings. The fraction of sp³-hybridized carbons (Fsp3) is 0.286. The lowest BCUT2D eigenvalue weighted by Gasteiger charge is -2.08. The Kier molecular flexibility index (Phi) is 7.23. The number of carbonyl (C=O) groups excluding carboxylic acids is 1. The van der Waals surface area contributed by atoms with E-state index in [1.165, 1.54) is 0 Å². The van der Waals surface area contributed by atoms with Gasteiger partial charge in [-0.05, 0) is 42.5 Å². The minimum absolute atomic E-state index is 0.0489. The largest absolute Gasteiger partial charge is 0.496 e. The van der Waals surface area contributed by atoms with Gasteiger partial charge in [-0.2, -0.15) is 0 Å². The molecule has 0 saturated carbocycles. The van der Waals surface area contributed by atoms with Crippen molar-refractivity contribution in [3.05, 3.63) is 76.9 Å². The number of carbonyl (C=O) groups is 1. The highest BCUT2D eigenvalue weighted by molar-refractivity contribution is 5.88. The Balaban J connectivity index is 1.82. The SMILES string of the molecule is COc1ccccc1C/C(C)=C/C(=O)NCCc1ccc(CO)cc1. The third-order valence-electron chi connectivity index (χ3n) is 3.96. The Hall–Kier alpha value is -2.59. The van der Waals surface area contributed by atoms with Crippen LogP contribution >= 0.6 is 0 Å². The van der Waals surface area contributed by atoms with E-state index in [-0.39, 0.29) is 12.5 Å². The number of ether oxygens (including phenoxy) is 1. The van der Waals surface area contributed by atoms with Crippen LogP contribution in [-0.2, 0) is 24.2 Å². The van der Waals surface area contributed by atoms with Crippen molar-refractivity contribution in [2.45, 2.75) is 26.4 Å². The average molecular weight is 339 g/mol. The molecule has 0 aromatic heterocycles. The van der Waals surface area contributed by atoms with Gasteiger partial charge in [-0.1, -0.05) is 48.0 Å². The van der Waals surface area contributed by atoms with Gasteiger partial charge >= 0.3 is 0 Å². The van der Waals surface area contributed by atoms with Gasteiger partial charge in [0.1, 0.15) is 5.75 Å². The molecule has 0 unspecified atom stereocenters. The highest BCUT2D eigenvalue weighted by Gasteiger charge is 2.04. The first-order chi connectivity index (χ1) is 12.1. The van der Waals surface area contributed by atoms with Crippen LogP contribution in [0.2, 0.25) is 0 Å². The van der Waals surface area contributed by atoms with E-state index in [1.807, 2.05) is 55.5 Å². The summed E-state index contributed by atoms with van der Waals surface area (Å²) in [5.74, 6) is 0.751. The normalized spacial score (nSPS) is 11.2. The van der Waals surface area contributed by atoms with Crippen LogP contribution in [0, 0.1) is 0 Å². The Bertz CT molecular complexity index is 720. The van der Waals surface area contributed by atoms with Gasteiger partial charge in [-0.15, -0.1) is 0 Å². The molecule has 2 rings (SSSR count). The number of para-hydroxylation sites is 1. The summed E-state index contributed by atoms with van der Waals surface area (Å²) in [5.41, 5.74) is 4.07. The molecule has 0 aliphatic carbocycles. The van der Waals surface area contributed by atoms with Crippen molar-refractivity contribution in [2.75, 3.05) is 13.7 Å². The molecule has 0 spiro atoms. The van der Waals surface area contributed by atoms with Gasteiger partial charge in [0.05, 0.1) is 13.7 Å². The molecule has 0 fully saturated rings. The summed E-state index contributed by atoms with van der Waals surface area (Å²) in [6.07, 6.45) is 3.08. The second-order valence-electron chi connectivity index (χ2n) is 5.99. The van der Waals surface area contributed by atoms with E-state index < -0.39 is 0 Å². The topological polar surface area (TPSA) is 58.6 Å². The van der Waals surface area contributed by atoms with Crippen molar-refractivity contribution in [3.63, 3.8) is 0 Å². The highest BCUT2D eigenvalue weighted by atomic mass is 16.5. The molecule has 0 bridgehead atoms. The second kappa shape index (κ2) is 9.64. The number of hydrogen-bond donors (Lipinski definition) is 2. The van der Waals surface area contributed by atoms with Crippen molar-refractivity contribution >= 4 is 5.91 Å². The number of aliphatic hydroxyl groups is 1. The predicted molar refractivity (Wildman–Crippen MR) is 99.5 cm³/mol. The molecule has 2 aromatic rings. The first kappa shape index (κ1) is 18.7. The second-order valence-corrected chi connectivity index (χ2v) is 5.99. The summed E-state index contributed by atoms with van der Waals surface area (Å²) in [6.45, 7) is 2.57. The third kappa shape index (κ3) is 6.08. The Morgan fingerprint density at radius 1 is 1.12 bits per heavy atom. The van der Waals surface area contributed by atoms with Crippen molar-refractivity contribution in [2.24, 2.45) is 0 Å². The molecule has 0 saturated heterocycles. The number of methoxy groups -OCH3 is 1. The van der Waals surface area contributed by atoms with Crippen LogP contribution in [0.15, 0.2) is 60.2 Å². The Labute approximate surface area is 149 Å². The van der Waals surface area contributed by atoms with E-state index in [9.17, 15) is 4.79 Å². The highest BCUT2D eigenvalue weighted by Crippen LogP contribution is 2.20. The molecule has 4 nitrogen and oxygen atoms in total. The van der Waals surface area contributed by atoms with Crippen molar-refractivity contribution in [3.8, 4) is 5.75 Å². The number of benzene rings is 2. The fourth-order valence-corrected chi connectivity index (χ4v) is 2.62. The molecule has 132 valence electrons. The van der Waals surface area contributed by atoms with Crippen LogP contribution in [0.1, 0.15) is 23.6 Å². The van der Waals surface area contributed by atoms with Crippen LogP contribution in [0.3, 0.4) is 0 Å². The lowest BCUT2D eigenvalue weighted by molar-refractivity contribution is -0.116. The number of aliphatic hydroxyl groups excluding tert-OH is 1. The molecule has 2 aromatic carbocycles. The molecule has 2 N–H and O–H groups in total. The lowest BCUT2D eigenvalue weighted by atomic mass is 10.0. The first-order valence-electron chi connectivity index (χ1n) is 8.38. The van der Waals surface area contributed by atoms with Gasteiger partial charge in [0.15, 0.2) is 0 Å². The van der Waals surface area contributed by atoms with Gasteiger partial charge in [-0.3, -0.25) is 4.79 Å². The van der Waals surface area contributed by atoms with Crippen LogP contribution in [0.4, 0.5) is 0 Å². The van der Waals surface area contributed by atoms with Crippen LogP contribution in [0.5, 0.6) is 5.75 Å². The number of amides is 1. The lowest BCUT2D eigenvalue weighted by Crippen LogP contribution is -2.24. The number of hydrogen-bond acceptors (Lipinski definition) is 3. The molecule has 0 heterocycles. The Morgan fingerprint density at radius 3 is 2.48 bits per heavy atom. The van der Waals surface area contributed by atoms with E-state index in [1.54, 1.807) is 13.2 Å². The Morgan fingerprint density at radius 2 is 1.80 bits per heavy atom. The maximum absolute atomic E-state index is 12.0. The summed E-state index contributed by atoms with van der Waals surface area (Å²) < 4.78 is 5.34. The quantitative estimate of drug-likeness (QED) is 0.727. The molecule has 25 heavy (non-hydrogen) atoms. The minimum atomic E-state index is -0.0839. The molecular weight excluding hydrogens is 314 g/mol. The molecular formula is C21H25NO3.